The van der Waals surface area contributed by atoms with Gasteiger partial charge in [0.1, 0.15) is 5.56 Å². The Hall–Kier alpha value is -3.82. The molecule has 0 unspecified atom stereocenters. The van der Waals surface area contributed by atoms with Gasteiger partial charge >= 0.3 is 5.97 Å². The van der Waals surface area contributed by atoms with E-state index >= 15 is 0 Å². The Morgan fingerprint density at radius 1 is 1.28 bits per heavy atom. The number of carbonyl (C=O) groups is 1. The number of nitrogens with zero attached hydrogens (tertiary/aromatic N) is 4. The van der Waals surface area contributed by atoms with Crippen molar-refractivity contribution in [3.63, 3.8) is 0 Å². The molecule has 1 aliphatic carbocycles. The second kappa shape index (κ2) is 9.13. The molecule has 0 atom stereocenters. The van der Waals surface area contributed by atoms with Crippen molar-refractivity contribution in [2.75, 3.05) is 7.11 Å². The molecule has 0 spiro atoms. The highest BCUT2D eigenvalue weighted by atomic mass is 19.1. The summed E-state index contributed by atoms with van der Waals surface area (Å²) in [6.45, 7) is 0. The molecule has 0 amide bonds. The molecule has 2 aromatic heterocycles. The van der Waals surface area contributed by atoms with Crippen molar-refractivity contribution in [1.82, 2.24) is 9.72 Å². The molecular formula is C22H21FN4O5. The molecule has 3 aromatic rings. The molecule has 1 saturated carbocycles. The van der Waals surface area contributed by atoms with Gasteiger partial charge in [-0.05, 0) is 37.7 Å². The Kier molecular flexibility index (Phi) is 6.11. The Morgan fingerprint density at radius 2 is 2.03 bits per heavy atom. The highest BCUT2D eigenvalue weighted by molar-refractivity contribution is 5.95. The lowest BCUT2D eigenvalue weighted by atomic mass is 9.91. The molecule has 0 saturated heterocycles. The van der Waals surface area contributed by atoms with Crippen molar-refractivity contribution in [2.24, 2.45) is 10.2 Å². The number of aryl methyl sites for hydroxylation is 1. The average molecular weight is 440 g/mol. The molecule has 1 aromatic carbocycles. The van der Waals surface area contributed by atoms with Crippen molar-refractivity contribution in [3.8, 4) is 5.88 Å². The monoisotopic (exact) mass is 440 g/mol. The van der Waals surface area contributed by atoms with Gasteiger partial charge in [0.15, 0.2) is 12.0 Å². The minimum Gasteiger partial charge on any atom is -0.494 e. The second-order valence-electron chi connectivity index (χ2n) is 7.45. The van der Waals surface area contributed by atoms with E-state index in [1.807, 2.05) is 30.3 Å². The van der Waals surface area contributed by atoms with Crippen LogP contribution in [-0.4, -0.2) is 27.9 Å². The number of benzene rings is 1. The number of aromatic hydroxyl groups is 1. The summed E-state index contributed by atoms with van der Waals surface area (Å²) in [5.74, 6) is -2.53. The van der Waals surface area contributed by atoms with Gasteiger partial charge in [-0.15, -0.1) is 10.2 Å². The SMILES string of the molecule is COC(=O)c1c(CCc2ccccc2)c(N=Nc2nocc2F)c(=O)n(C2CCC2)c1O. The summed E-state index contributed by atoms with van der Waals surface area (Å²) in [5, 5.41) is 22.0. The standard InChI is InChI=1S/C22H21FN4O5/c1-31-22(30)17-15(11-10-13-6-3-2-4-7-13)18(24-25-19-16(23)12-32-26-19)21(29)27(20(17)28)14-8-5-9-14/h2-4,6-7,12,14,28H,5,8-11H2,1H3. The van der Waals surface area contributed by atoms with E-state index < -0.39 is 29.0 Å². The Bertz CT molecular complexity index is 1220. The predicted octanol–water partition coefficient (Wildman–Crippen LogP) is 4.39. The number of aromatic nitrogens is 2. The Labute approximate surface area is 182 Å². The van der Waals surface area contributed by atoms with Crippen LogP contribution in [0, 0.1) is 5.82 Å². The zero-order valence-electron chi connectivity index (χ0n) is 17.3. The van der Waals surface area contributed by atoms with E-state index in [4.69, 9.17) is 4.74 Å². The Balaban J connectivity index is 1.88. The molecule has 2 heterocycles. The number of hydrogen-bond acceptors (Lipinski definition) is 8. The van der Waals surface area contributed by atoms with Crippen LogP contribution in [0.3, 0.4) is 0 Å². The molecule has 32 heavy (non-hydrogen) atoms. The fourth-order valence-electron chi connectivity index (χ4n) is 3.66. The molecule has 1 N–H and O–H groups in total. The van der Waals surface area contributed by atoms with Gasteiger partial charge in [-0.25, -0.2) is 4.79 Å². The zero-order chi connectivity index (χ0) is 22.7. The minimum atomic E-state index is -0.842. The largest absolute Gasteiger partial charge is 0.494 e. The normalized spacial score (nSPS) is 13.9. The maximum atomic E-state index is 13.7. The summed E-state index contributed by atoms with van der Waals surface area (Å²) in [7, 11) is 1.19. The number of halogens is 1. The first-order valence-electron chi connectivity index (χ1n) is 10.2. The first-order valence-corrected chi connectivity index (χ1v) is 10.2. The first kappa shape index (κ1) is 21.4. The smallest absolute Gasteiger partial charge is 0.343 e. The third kappa shape index (κ3) is 4.03. The number of esters is 1. The molecule has 0 aliphatic heterocycles. The summed E-state index contributed by atoms with van der Waals surface area (Å²) in [6.07, 6.45) is 3.64. The van der Waals surface area contributed by atoms with Crippen LogP contribution in [-0.2, 0) is 17.6 Å². The van der Waals surface area contributed by atoms with E-state index in [1.54, 1.807) is 0 Å². The van der Waals surface area contributed by atoms with Gasteiger partial charge in [-0.2, -0.15) is 4.39 Å². The van der Waals surface area contributed by atoms with Crippen LogP contribution >= 0.6 is 0 Å². The molecule has 1 aliphatic rings. The van der Waals surface area contributed by atoms with E-state index in [0.717, 1.165) is 22.8 Å². The highest BCUT2D eigenvalue weighted by Gasteiger charge is 2.32. The van der Waals surface area contributed by atoms with Crippen molar-refractivity contribution in [1.29, 1.82) is 0 Å². The second-order valence-corrected chi connectivity index (χ2v) is 7.45. The minimum absolute atomic E-state index is 0.149. The van der Waals surface area contributed by atoms with Crippen LogP contribution < -0.4 is 5.56 Å². The van der Waals surface area contributed by atoms with E-state index in [1.165, 1.54) is 7.11 Å². The maximum absolute atomic E-state index is 13.7. The van der Waals surface area contributed by atoms with Gasteiger partial charge in [0.25, 0.3) is 11.4 Å². The van der Waals surface area contributed by atoms with E-state index in [2.05, 4.69) is 19.9 Å². The van der Waals surface area contributed by atoms with Gasteiger partial charge < -0.3 is 14.4 Å². The van der Waals surface area contributed by atoms with E-state index in [9.17, 15) is 19.1 Å². The quantitative estimate of drug-likeness (QED) is 0.430. The molecule has 1 fully saturated rings. The number of methoxy groups -OCH3 is 1. The summed E-state index contributed by atoms with van der Waals surface area (Å²) < 4.78 is 24.3. The molecule has 9 nitrogen and oxygen atoms in total. The zero-order valence-corrected chi connectivity index (χ0v) is 17.3. The average Bonchev–Trinajstić information content (AvgIpc) is 3.18. The number of hydrogen-bond donors (Lipinski definition) is 1. The van der Waals surface area contributed by atoms with Crippen LogP contribution in [0.4, 0.5) is 15.9 Å². The number of pyridine rings is 1. The number of azo groups is 1. The fraction of sp³-hybridized carbons (Fsp3) is 0.318. The molecule has 0 bridgehead atoms. The number of carbonyl (C=O) groups excluding carboxylic acids is 1. The van der Waals surface area contributed by atoms with Crippen LogP contribution in [0.2, 0.25) is 0 Å². The predicted molar refractivity (Wildman–Crippen MR) is 111 cm³/mol. The van der Waals surface area contributed by atoms with Gasteiger partial charge in [-0.3, -0.25) is 9.36 Å². The van der Waals surface area contributed by atoms with Gasteiger partial charge in [-0.1, -0.05) is 35.5 Å². The van der Waals surface area contributed by atoms with Gasteiger partial charge in [0.05, 0.1) is 7.11 Å². The lowest BCUT2D eigenvalue weighted by molar-refractivity contribution is 0.0593. The molecule has 10 heteroatoms. The lowest BCUT2D eigenvalue weighted by Crippen LogP contribution is -2.31. The molecule has 4 rings (SSSR count). The Morgan fingerprint density at radius 3 is 2.62 bits per heavy atom. The summed E-state index contributed by atoms with van der Waals surface area (Å²) >= 11 is 0. The van der Waals surface area contributed by atoms with Gasteiger partial charge in [0.2, 0.25) is 11.7 Å². The maximum Gasteiger partial charge on any atom is 0.343 e. The van der Waals surface area contributed by atoms with Crippen molar-refractivity contribution in [2.45, 2.75) is 38.1 Å². The topological polar surface area (TPSA) is 119 Å². The van der Waals surface area contributed by atoms with Crippen LogP contribution in [0.5, 0.6) is 5.88 Å². The molecule has 166 valence electrons. The van der Waals surface area contributed by atoms with Crippen molar-refractivity contribution >= 4 is 17.5 Å². The van der Waals surface area contributed by atoms with Crippen molar-refractivity contribution < 1.29 is 23.6 Å². The number of ether oxygens (including phenoxy) is 1. The highest BCUT2D eigenvalue weighted by Crippen LogP contribution is 2.38. The summed E-state index contributed by atoms with van der Waals surface area (Å²) in [6, 6.07) is 9.15. The molecule has 0 radical (unpaired) electrons. The number of rotatable bonds is 7. The van der Waals surface area contributed by atoms with E-state index in [0.29, 0.717) is 19.3 Å². The van der Waals surface area contributed by atoms with Crippen LogP contribution in [0.15, 0.2) is 56.1 Å². The van der Waals surface area contributed by atoms with Crippen LogP contribution in [0.25, 0.3) is 0 Å². The first-order chi connectivity index (χ1) is 15.5. The lowest BCUT2D eigenvalue weighted by Gasteiger charge is -2.29. The van der Waals surface area contributed by atoms with Crippen LogP contribution in [0.1, 0.15) is 46.8 Å². The van der Waals surface area contributed by atoms with Gasteiger partial charge in [0, 0.05) is 11.6 Å². The third-order valence-corrected chi connectivity index (χ3v) is 5.55. The fourth-order valence-corrected chi connectivity index (χ4v) is 3.66. The van der Waals surface area contributed by atoms with E-state index in [-0.39, 0.29) is 29.3 Å². The third-order valence-electron chi connectivity index (χ3n) is 5.55. The van der Waals surface area contributed by atoms with Crippen molar-refractivity contribution in [3.05, 3.63) is 69.5 Å². The summed E-state index contributed by atoms with van der Waals surface area (Å²) in [5.41, 5.74) is 0.191. The summed E-state index contributed by atoms with van der Waals surface area (Å²) in [4.78, 5) is 26.0. The molecular weight excluding hydrogens is 419 g/mol.